The number of rotatable bonds is 0. The van der Waals surface area contributed by atoms with E-state index in [1.165, 1.54) is 0 Å². The van der Waals surface area contributed by atoms with Crippen LogP contribution >= 0.6 is 12.6 Å². The molecule has 1 aliphatic heterocycles. The second-order valence-electron chi connectivity index (χ2n) is 2.06. The zero-order chi connectivity index (χ0) is 6.15. The minimum Gasteiger partial charge on any atom is -0.393 e. The monoisotopic (exact) mass is 129 g/mol. The fourth-order valence-electron chi connectivity index (χ4n) is 0.804. The normalized spacial score (nSPS) is 29.4. The molecule has 1 saturated heterocycles. The van der Waals surface area contributed by atoms with Crippen LogP contribution in [-0.4, -0.2) is 30.5 Å². The van der Waals surface area contributed by atoms with Crippen molar-refractivity contribution in [2.75, 3.05) is 6.54 Å². The first-order valence-electron chi connectivity index (χ1n) is 2.65. The minimum atomic E-state index is -0.0278. The number of amides is 1. The molecule has 0 spiro atoms. The molecule has 0 aromatic carbocycles. The number of hydrogen-bond donors (Lipinski definition) is 1. The second-order valence-corrected chi connectivity index (χ2v) is 2.69. The highest BCUT2D eigenvalue weighted by Crippen LogP contribution is 2.12. The maximum atomic E-state index is 10.8. The van der Waals surface area contributed by atoms with Gasteiger partial charge in [-0.3, -0.25) is 4.79 Å². The van der Waals surface area contributed by atoms with Crippen LogP contribution in [0.2, 0.25) is 0 Å². The van der Waals surface area contributed by atoms with Crippen molar-refractivity contribution in [3.8, 4) is 0 Å². The van der Waals surface area contributed by atoms with Crippen molar-refractivity contribution in [1.82, 2.24) is 4.81 Å². The zero-order valence-corrected chi connectivity index (χ0v) is 5.69. The number of thiol groups is 1. The summed E-state index contributed by atoms with van der Waals surface area (Å²) in [6.07, 6.45) is 0.901. The average molecular weight is 129 g/mol. The van der Waals surface area contributed by atoms with Crippen LogP contribution in [0.5, 0.6) is 0 Å². The Morgan fingerprint density at radius 1 is 1.88 bits per heavy atom. The van der Waals surface area contributed by atoms with Crippen molar-refractivity contribution >= 4 is 26.5 Å². The third kappa shape index (κ3) is 0.846. The lowest BCUT2D eigenvalue weighted by Gasteiger charge is -2.05. The van der Waals surface area contributed by atoms with Crippen LogP contribution in [0.15, 0.2) is 0 Å². The summed E-state index contributed by atoms with van der Waals surface area (Å²) in [4.78, 5) is 12.5. The fraction of sp³-hybridized carbons (Fsp3) is 0.750. The molecule has 0 aromatic heterocycles. The van der Waals surface area contributed by atoms with Crippen molar-refractivity contribution in [2.24, 2.45) is 0 Å². The number of nitrogens with zero attached hydrogens (tertiary/aromatic N) is 1. The van der Waals surface area contributed by atoms with E-state index in [1.54, 1.807) is 12.8 Å². The largest absolute Gasteiger partial charge is 0.393 e. The van der Waals surface area contributed by atoms with E-state index < -0.39 is 0 Å². The van der Waals surface area contributed by atoms with Gasteiger partial charge in [0.2, 0.25) is 13.9 Å². The van der Waals surface area contributed by atoms with Gasteiger partial charge in [0.05, 0.1) is 5.25 Å². The Morgan fingerprint density at radius 2 is 2.50 bits per heavy atom. The van der Waals surface area contributed by atoms with Crippen molar-refractivity contribution in [3.63, 3.8) is 0 Å². The van der Waals surface area contributed by atoms with Crippen molar-refractivity contribution in [3.05, 3.63) is 0 Å². The van der Waals surface area contributed by atoms with Crippen molar-refractivity contribution in [2.45, 2.75) is 11.7 Å². The summed E-state index contributed by atoms with van der Waals surface area (Å²) < 4.78 is 0. The summed E-state index contributed by atoms with van der Waals surface area (Å²) in [5, 5.41) is -0.0278. The van der Waals surface area contributed by atoms with E-state index in [0.29, 0.717) is 0 Å². The van der Waals surface area contributed by atoms with E-state index in [1.807, 2.05) is 0 Å². The van der Waals surface area contributed by atoms with E-state index in [0.717, 1.165) is 13.0 Å². The van der Waals surface area contributed by atoms with E-state index in [2.05, 4.69) is 12.6 Å². The molecule has 44 valence electrons. The van der Waals surface area contributed by atoms with Gasteiger partial charge in [-0.15, -0.1) is 0 Å². The standard InChI is InChI=1S/C4H8BNOS/c5-6-2-1-3(8)4(6)7/h3,8H,1-2,5H2. The molecule has 0 aliphatic carbocycles. The van der Waals surface area contributed by atoms with E-state index >= 15 is 0 Å². The Morgan fingerprint density at radius 3 is 2.62 bits per heavy atom. The van der Waals surface area contributed by atoms with Crippen molar-refractivity contribution < 1.29 is 4.79 Å². The molecule has 1 rings (SSSR count). The summed E-state index contributed by atoms with van der Waals surface area (Å²) in [6.45, 7) is 0.868. The molecule has 1 heterocycles. The Labute approximate surface area is 55.1 Å². The molecule has 1 atom stereocenters. The molecule has 0 N–H and O–H groups in total. The van der Waals surface area contributed by atoms with Gasteiger partial charge in [-0.2, -0.15) is 12.6 Å². The highest BCUT2D eigenvalue weighted by Gasteiger charge is 2.24. The third-order valence-electron chi connectivity index (χ3n) is 1.40. The molecule has 1 aliphatic rings. The lowest BCUT2D eigenvalue weighted by atomic mass is 10.3. The lowest BCUT2D eigenvalue weighted by molar-refractivity contribution is -0.123. The SMILES string of the molecule is BN1CCC(S)C1=O. The Hall–Kier alpha value is -0.115. The molecular weight excluding hydrogens is 121 g/mol. The first-order valence-corrected chi connectivity index (χ1v) is 3.16. The molecule has 0 bridgehead atoms. The highest BCUT2D eigenvalue weighted by molar-refractivity contribution is 7.81. The molecule has 8 heavy (non-hydrogen) atoms. The molecule has 0 aromatic rings. The summed E-state index contributed by atoms with van der Waals surface area (Å²) in [5.74, 6) is 0.160. The number of carbonyl (C=O) groups excluding carboxylic acids is 1. The van der Waals surface area contributed by atoms with Crippen molar-refractivity contribution in [1.29, 1.82) is 0 Å². The Balaban J connectivity index is 2.57. The van der Waals surface area contributed by atoms with Crippen LogP contribution in [0.25, 0.3) is 0 Å². The summed E-state index contributed by atoms with van der Waals surface area (Å²) in [6, 6.07) is 0. The van der Waals surface area contributed by atoms with Gasteiger partial charge in [-0.1, -0.05) is 0 Å². The van der Waals surface area contributed by atoms with Gasteiger partial charge in [-0.05, 0) is 6.42 Å². The van der Waals surface area contributed by atoms with E-state index in [4.69, 9.17) is 0 Å². The second kappa shape index (κ2) is 2.01. The highest BCUT2D eigenvalue weighted by atomic mass is 32.1. The fourth-order valence-corrected chi connectivity index (χ4v) is 1.12. The molecule has 0 saturated carbocycles. The summed E-state index contributed by atoms with van der Waals surface area (Å²) >= 11 is 4.06. The van der Waals surface area contributed by atoms with Crippen LogP contribution in [0, 0.1) is 0 Å². The van der Waals surface area contributed by atoms with Gasteiger partial charge in [-0.25, -0.2) is 0 Å². The third-order valence-corrected chi connectivity index (χ3v) is 1.88. The Bertz CT molecular complexity index is 107. The molecule has 0 radical (unpaired) electrons. The summed E-state index contributed by atoms with van der Waals surface area (Å²) in [5.41, 5.74) is 0. The van der Waals surface area contributed by atoms with Crippen LogP contribution in [0.3, 0.4) is 0 Å². The number of hydrogen-bond acceptors (Lipinski definition) is 2. The lowest BCUT2D eigenvalue weighted by Crippen LogP contribution is -2.24. The first kappa shape index (κ1) is 6.01. The number of carbonyl (C=O) groups is 1. The molecule has 1 unspecified atom stereocenters. The van der Waals surface area contributed by atoms with E-state index in [9.17, 15) is 4.79 Å². The van der Waals surface area contributed by atoms with E-state index in [-0.39, 0.29) is 11.2 Å². The van der Waals surface area contributed by atoms with Crippen LogP contribution in [0.1, 0.15) is 6.42 Å². The zero-order valence-electron chi connectivity index (χ0n) is 4.79. The summed E-state index contributed by atoms with van der Waals surface area (Å²) in [7, 11) is 1.80. The smallest absolute Gasteiger partial charge is 0.223 e. The topological polar surface area (TPSA) is 20.3 Å². The molecule has 4 heteroatoms. The van der Waals surface area contributed by atoms with Gasteiger partial charge in [0.1, 0.15) is 0 Å². The maximum Gasteiger partial charge on any atom is 0.223 e. The van der Waals surface area contributed by atoms with Gasteiger partial charge in [0.15, 0.2) is 0 Å². The molecule has 2 nitrogen and oxygen atoms in total. The van der Waals surface area contributed by atoms with Gasteiger partial charge < -0.3 is 4.81 Å². The first-order chi connectivity index (χ1) is 3.72. The molecule has 1 fully saturated rings. The average Bonchev–Trinajstić information content (AvgIpc) is 1.98. The van der Waals surface area contributed by atoms with Gasteiger partial charge in [0.25, 0.3) is 0 Å². The van der Waals surface area contributed by atoms with Gasteiger partial charge in [0, 0.05) is 6.54 Å². The Kier molecular flexibility index (Phi) is 1.51. The van der Waals surface area contributed by atoms with Crippen LogP contribution in [-0.2, 0) is 4.79 Å². The van der Waals surface area contributed by atoms with Crippen LogP contribution < -0.4 is 0 Å². The molecular formula is C4H8BNOS. The van der Waals surface area contributed by atoms with Crippen LogP contribution in [0.4, 0.5) is 0 Å². The quantitative estimate of drug-likeness (QED) is 0.330. The predicted molar refractivity (Wildman–Crippen MR) is 37.6 cm³/mol. The minimum absolute atomic E-state index is 0.0278. The van der Waals surface area contributed by atoms with Gasteiger partial charge >= 0.3 is 0 Å². The maximum absolute atomic E-state index is 10.8. The molecule has 1 amide bonds. The predicted octanol–water partition coefficient (Wildman–Crippen LogP) is -0.935.